The summed E-state index contributed by atoms with van der Waals surface area (Å²) < 4.78 is 5.42. The summed E-state index contributed by atoms with van der Waals surface area (Å²) in [5.41, 5.74) is 2.10. The van der Waals surface area contributed by atoms with Crippen molar-refractivity contribution in [1.29, 1.82) is 0 Å². The highest BCUT2D eigenvalue weighted by atomic mass is 16.5. The number of nitrogens with zero attached hydrogens (tertiary/aromatic N) is 1. The van der Waals surface area contributed by atoms with E-state index < -0.39 is 5.97 Å². The van der Waals surface area contributed by atoms with E-state index in [0.29, 0.717) is 17.6 Å². The quantitative estimate of drug-likeness (QED) is 0.342. The molecule has 4 aliphatic carbocycles. The lowest BCUT2D eigenvalue weighted by Crippen LogP contribution is -2.40. The van der Waals surface area contributed by atoms with Gasteiger partial charge in [0, 0.05) is 0 Å². The highest BCUT2D eigenvalue weighted by Gasteiger charge is 2.67. The van der Waals surface area contributed by atoms with Crippen LogP contribution < -0.4 is 4.74 Å². The molecule has 3 fully saturated rings. The number of hydrogen-bond donors (Lipinski definition) is 0. The second kappa shape index (κ2) is 6.39. The molecular formula is C25H21NO4. The predicted octanol–water partition coefficient (Wildman–Crippen LogP) is 3.31. The van der Waals surface area contributed by atoms with E-state index in [2.05, 4.69) is 12.2 Å². The van der Waals surface area contributed by atoms with Crippen molar-refractivity contribution in [3.05, 3.63) is 66.7 Å². The van der Waals surface area contributed by atoms with E-state index in [1.807, 2.05) is 42.5 Å². The zero-order valence-corrected chi connectivity index (χ0v) is 16.3. The summed E-state index contributed by atoms with van der Waals surface area (Å²) in [5, 5.41) is 0. The summed E-state index contributed by atoms with van der Waals surface area (Å²) in [6.45, 7) is -0.320. The molecule has 2 aromatic carbocycles. The fourth-order valence-electron chi connectivity index (χ4n) is 5.81. The Morgan fingerprint density at radius 1 is 0.833 bits per heavy atom. The van der Waals surface area contributed by atoms with Gasteiger partial charge in [0.15, 0.2) is 0 Å². The standard InChI is InChI=1S/C25H21NO4/c27-21(30-16-8-6-15(7-9-16)14-4-2-1-3-5-14)13-26-24(28)22-17-10-11-18(20-12-19(17)20)23(22)25(26)29/h1-11,17-20,22-23H,12-13H2/t17-,18-,19-,20-,22+,23+/m0/s1. The number of amides is 2. The smallest absolute Gasteiger partial charge is 0.331 e. The van der Waals surface area contributed by atoms with Crippen LogP contribution in [0.5, 0.6) is 5.75 Å². The minimum absolute atomic E-state index is 0.160. The monoisotopic (exact) mass is 399 g/mol. The Morgan fingerprint density at radius 2 is 1.40 bits per heavy atom. The minimum Gasteiger partial charge on any atom is -0.425 e. The summed E-state index contributed by atoms with van der Waals surface area (Å²) in [5.74, 6) is 0.259. The molecular weight excluding hydrogens is 378 g/mol. The van der Waals surface area contributed by atoms with Crippen LogP contribution in [0.25, 0.3) is 11.1 Å². The Balaban J connectivity index is 1.14. The van der Waals surface area contributed by atoms with Gasteiger partial charge in [0.2, 0.25) is 11.8 Å². The zero-order chi connectivity index (χ0) is 20.4. The van der Waals surface area contributed by atoms with Crippen molar-refractivity contribution >= 4 is 17.8 Å². The van der Waals surface area contributed by atoms with Crippen molar-refractivity contribution in [2.24, 2.45) is 35.5 Å². The van der Waals surface area contributed by atoms with Crippen molar-refractivity contribution < 1.29 is 19.1 Å². The van der Waals surface area contributed by atoms with Crippen molar-refractivity contribution in [1.82, 2.24) is 4.90 Å². The Hall–Kier alpha value is -3.21. The topological polar surface area (TPSA) is 63.7 Å². The van der Waals surface area contributed by atoms with Crippen LogP contribution >= 0.6 is 0 Å². The van der Waals surface area contributed by atoms with Gasteiger partial charge in [-0.05, 0) is 53.4 Å². The number of carbonyl (C=O) groups is 3. The third kappa shape index (κ3) is 2.58. The van der Waals surface area contributed by atoms with Crippen LogP contribution in [0.2, 0.25) is 0 Å². The second-order valence-corrected chi connectivity index (χ2v) is 8.78. The Kier molecular flexibility index (Phi) is 3.76. The van der Waals surface area contributed by atoms with Crippen molar-refractivity contribution in [2.75, 3.05) is 6.54 Å². The lowest BCUT2D eigenvalue weighted by Gasteiger charge is -2.37. The van der Waals surface area contributed by atoms with Gasteiger partial charge in [-0.25, -0.2) is 4.79 Å². The van der Waals surface area contributed by atoms with Crippen LogP contribution in [-0.4, -0.2) is 29.2 Å². The molecule has 6 atom stereocenters. The Bertz CT molecular complexity index is 1040. The van der Waals surface area contributed by atoms with Crippen molar-refractivity contribution in [2.45, 2.75) is 6.42 Å². The molecule has 150 valence electrons. The molecule has 2 amide bonds. The summed E-state index contributed by atoms with van der Waals surface area (Å²) in [4.78, 5) is 39.5. The van der Waals surface area contributed by atoms with Crippen LogP contribution in [0.3, 0.4) is 0 Å². The molecule has 0 radical (unpaired) electrons. The second-order valence-electron chi connectivity index (χ2n) is 8.78. The molecule has 1 saturated heterocycles. The molecule has 5 aliphatic rings. The number of hydrogen-bond acceptors (Lipinski definition) is 4. The molecule has 0 aromatic heterocycles. The van der Waals surface area contributed by atoms with Gasteiger partial charge in [-0.2, -0.15) is 0 Å². The number of rotatable bonds is 4. The Labute approximate surface area is 174 Å². The van der Waals surface area contributed by atoms with Gasteiger partial charge in [-0.3, -0.25) is 14.5 Å². The van der Waals surface area contributed by atoms with Gasteiger partial charge in [-0.15, -0.1) is 0 Å². The van der Waals surface area contributed by atoms with Crippen LogP contribution in [0, 0.1) is 35.5 Å². The predicted molar refractivity (Wildman–Crippen MR) is 109 cm³/mol. The molecule has 2 aromatic rings. The van der Waals surface area contributed by atoms with Gasteiger partial charge < -0.3 is 4.74 Å². The van der Waals surface area contributed by atoms with Gasteiger partial charge in [0.25, 0.3) is 0 Å². The van der Waals surface area contributed by atoms with Gasteiger partial charge in [-0.1, -0.05) is 54.6 Å². The van der Waals surface area contributed by atoms with Crippen LogP contribution in [-0.2, 0) is 14.4 Å². The average molecular weight is 399 g/mol. The lowest BCUT2D eigenvalue weighted by atomic mass is 9.63. The highest BCUT2D eigenvalue weighted by Crippen LogP contribution is 2.65. The molecule has 0 spiro atoms. The van der Waals surface area contributed by atoms with E-state index in [0.717, 1.165) is 22.4 Å². The number of imide groups is 1. The maximum atomic E-state index is 13.0. The summed E-state index contributed by atoms with van der Waals surface area (Å²) in [6.07, 6.45) is 5.37. The Morgan fingerprint density at radius 3 is 2.00 bits per heavy atom. The molecule has 2 bridgehead atoms. The third-order valence-corrected chi connectivity index (χ3v) is 7.23. The van der Waals surface area contributed by atoms with E-state index in [1.165, 1.54) is 0 Å². The van der Waals surface area contributed by atoms with Crippen molar-refractivity contribution in [3.63, 3.8) is 0 Å². The van der Waals surface area contributed by atoms with E-state index in [1.54, 1.807) is 12.1 Å². The number of allylic oxidation sites excluding steroid dienone is 2. The maximum absolute atomic E-state index is 13.0. The van der Waals surface area contributed by atoms with E-state index in [9.17, 15) is 14.4 Å². The number of benzene rings is 2. The first-order valence-corrected chi connectivity index (χ1v) is 10.5. The molecule has 0 N–H and O–H groups in total. The van der Waals surface area contributed by atoms with Crippen LogP contribution in [0.1, 0.15) is 6.42 Å². The molecule has 30 heavy (non-hydrogen) atoms. The summed E-state index contributed by atoms with van der Waals surface area (Å²) in [6, 6.07) is 17.1. The molecule has 2 saturated carbocycles. The maximum Gasteiger partial charge on any atom is 0.331 e. The molecule has 0 unspecified atom stereocenters. The lowest BCUT2D eigenvalue weighted by molar-refractivity contribution is -0.148. The first-order chi connectivity index (χ1) is 14.6. The number of likely N-dealkylation sites (tertiary alicyclic amines) is 1. The molecule has 5 nitrogen and oxygen atoms in total. The largest absolute Gasteiger partial charge is 0.425 e. The van der Waals surface area contributed by atoms with Gasteiger partial charge >= 0.3 is 5.97 Å². The zero-order valence-electron chi connectivity index (χ0n) is 16.3. The third-order valence-electron chi connectivity index (χ3n) is 7.23. The van der Waals surface area contributed by atoms with E-state index in [4.69, 9.17) is 4.74 Å². The summed E-state index contributed by atoms with van der Waals surface area (Å²) in [7, 11) is 0. The van der Waals surface area contributed by atoms with Crippen LogP contribution in [0.15, 0.2) is 66.7 Å². The van der Waals surface area contributed by atoms with Gasteiger partial charge in [0.1, 0.15) is 12.3 Å². The van der Waals surface area contributed by atoms with Crippen molar-refractivity contribution in [3.8, 4) is 16.9 Å². The molecule has 5 heteroatoms. The normalized spacial score (nSPS) is 32.7. The van der Waals surface area contributed by atoms with Crippen LogP contribution in [0.4, 0.5) is 0 Å². The molecule has 1 heterocycles. The average Bonchev–Trinajstić information content (AvgIpc) is 3.56. The fraction of sp³-hybridized carbons (Fsp3) is 0.320. The van der Waals surface area contributed by atoms with E-state index >= 15 is 0 Å². The molecule has 7 rings (SSSR count). The first-order valence-electron chi connectivity index (χ1n) is 10.5. The van der Waals surface area contributed by atoms with Gasteiger partial charge in [0.05, 0.1) is 11.8 Å². The number of esters is 1. The number of ether oxygens (including phenoxy) is 1. The SMILES string of the molecule is O=C(CN1C(=O)[C@@H]2[C@H]3C=C[C@@H]([C@@H]4C[C@@H]34)[C@H]2C1=O)Oc1ccc(-c2ccccc2)cc1. The number of carbonyl (C=O) groups excluding carboxylic acids is 3. The fourth-order valence-corrected chi connectivity index (χ4v) is 5.81. The van der Waals surface area contributed by atoms with E-state index in [-0.39, 0.29) is 42.0 Å². The first kappa shape index (κ1) is 17.6. The highest BCUT2D eigenvalue weighted by molar-refractivity contribution is 6.08. The summed E-state index contributed by atoms with van der Waals surface area (Å²) >= 11 is 0. The minimum atomic E-state index is -0.590. The molecule has 1 aliphatic heterocycles.